The van der Waals surface area contributed by atoms with E-state index in [0.29, 0.717) is 18.8 Å². The zero-order chi connectivity index (χ0) is 30.3. The van der Waals surface area contributed by atoms with Crippen molar-refractivity contribution in [3.05, 3.63) is 48.0 Å². The first-order valence-corrected chi connectivity index (χ1v) is 16.4. The van der Waals surface area contributed by atoms with Gasteiger partial charge in [-0.05, 0) is 81.8 Å². The molecule has 4 atom stereocenters. The normalized spacial score (nSPS) is 26.2. The summed E-state index contributed by atoms with van der Waals surface area (Å²) in [6.07, 6.45) is 12.7. The first-order chi connectivity index (χ1) is 20.9. The molecule has 0 spiro atoms. The van der Waals surface area contributed by atoms with E-state index in [9.17, 15) is 14.4 Å². The molecule has 0 bridgehead atoms. The number of nitrogens with one attached hydrogen (secondary N) is 1. The van der Waals surface area contributed by atoms with Crippen molar-refractivity contribution >= 4 is 24.1 Å². The highest BCUT2D eigenvalue weighted by Crippen LogP contribution is 2.39. The minimum atomic E-state index is -0.745. The lowest BCUT2D eigenvalue weighted by Gasteiger charge is -2.53. The Labute approximate surface area is 256 Å². The molecular weight excluding hydrogens is 542 g/mol. The van der Waals surface area contributed by atoms with Gasteiger partial charge in [-0.1, -0.05) is 62.8 Å². The van der Waals surface area contributed by atoms with Gasteiger partial charge in [0.25, 0.3) is 0 Å². The zero-order valence-electron chi connectivity index (χ0n) is 25.9. The number of carbonyl (C=O) groups excluding carboxylic acids is 3. The Bertz CT molecular complexity index is 1140. The minimum absolute atomic E-state index is 0.0176. The van der Waals surface area contributed by atoms with Crippen LogP contribution in [0, 0.1) is 17.2 Å². The summed E-state index contributed by atoms with van der Waals surface area (Å²) in [5.41, 5.74) is 0.916. The lowest BCUT2D eigenvalue weighted by molar-refractivity contribution is -0.166. The second-order valence-corrected chi connectivity index (χ2v) is 13.1. The van der Waals surface area contributed by atoms with E-state index in [1.807, 2.05) is 47.4 Å². The fourth-order valence-electron chi connectivity index (χ4n) is 7.30. The van der Waals surface area contributed by atoms with Crippen LogP contribution < -0.4 is 0 Å². The predicted molar refractivity (Wildman–Crippen MR) is 167 cm³/mol. The summed E-state index contributed by atoms with van der Waals surface area (Å²) in [7, 11) is 0. The van der Waals surface area contributed by atoms with E-state index in [-0.39, 0.29) is 30.4 Å². The van der Waals surface area contributed by atoms with Crippen molar-refractivity contribution in [2.45, 2.75) is 89.4 Å². The molecule has 4 aliphatic rings. The molecule has 1 aromatic carbocycles. The van der Waals surface area contributed by atoms with Gasteiger partial charge in [0, 0.05) is 19.5 Å². The van der Waals surface area contributed by atoms with Crippen molar-refractivity contribution in [3.63, 3.8) is 0 Å². The summed E-state index contributed by atoms with van der Waals surface area (Å²) in [5.74, 6) is 0.657. The van der Waals surface area contributed by atoms with E-state index < -0.39 is 24.2 Å². The van der Waals surface area contributed by atoms with Crippen LogP contribution in [-0.4, -0.2) is 101 Å². The summed E-state index contributed by atoms with van der Waals surface area (Å²) in [6, 6.07) is 7.49. The van der Waals surface area contributed by atoms with Gasteiger partial charge in [0.2, 0.25) is 11.8 Å². The largest absolute Gasteiger partial charge is 0.447 e. The van der Waals surface area contributed by atoms with Crippen molar-refractivity contribution < 1.29 is 19.1 Å². The van der Waals surface area contributed by atoms with Crippen molar-refractivity contribution in [2.75, 3.05) is 39.3 Å². The van der Waals surface area contributed by atoms with Gasteiger partial charge in [-0.2, -0.15) is 0 Å². The fraction of sp³-hybridized carbons (Fsp3) is 0.647. The van der Waals surface area contributed by atoms with Gasteiger partial charge in [0.1, 0.15) is 18.7 Å². The van der Waals surface area contributed by atoms with Gasteiger partial charge in [-0.15, -0.1) is 0 Å². The number of allylic oxidation sites excluding steroid dienone is 1. The first-order valence-electron chi connectivity index (χ1n) is 16.4. The Balaban J connectivity index is 1.30. The first kappa shape index (κ1) is 31.2. The molecule has 43 heavy (non-hydrogen) atoms. The van der Waals surface area contributed by atoms with Crippen molar-refractivity contribution in [1.82, 2.24) is 19.6 Å². The molecular formula is C34H49N5O4. The lowest BCUT2D eigenvalue weighted by atomic mass is 9.85. The number of hydrogen-bond acceptors (Lipinski definition) is 6. The monoisotopic (exact) mass is 591 g/mol. The molecule has 4 fully saturated rings. The van der Waals surface area contributed by atoms with Crippen LogP contribution >= 0.6 is 0 Å². The molecule has 234 valence electrons. The maximum atomic E-state index is 14.1. The van der Waals surface area contributed by atoms with Gasteiger partial charge >= 0.3 is 6.09 Å². The number of nitrogens with zero attached hydrogens (tertiary/aromatic N) is 4. The highest BCUT2D eigenvalue weighted by molar-refractivity contribution is 5.97. The molecule has 0 unspecified atom stereocenters. The number of piperidine rings is 2. The Kier molecular flexibility index (Phi) is 10.5. The molecule has 0 radical (unpaired) electrons. The van der Waals surface area contributed by atoms with E-state index in [2.05, 4.69) is 18.7 Å². The highest BCUT2D eigenvalue weighted by Gasteiger charge is 2.58. The van der Waals surface area contributed by atoms with Crippen molar-refractivity contribution in [3.8, 4) is 0 Å². The van der Waals surface area contributed by atoms with E-state index in [1.54, 1.807) is 9.80 Å². The quantitative estimate of drug-likeness (QED) is 0.212. The maximum Gasteiger partial charge on any atom is 0.411 e. The molecule has 4 aliphatic heterocycles. The summed E-state index contributed by atoms with van der Waals surface area (Å²) >= 11 is 0. The summed E-state index contributed by atoms with van der Waals surface area (Å²) in [4.78, 5) is 49.0. The number of amides is 3. The van der Waals surface area contributed by atoms with Gasteiger partial charge < -0.3 is 24.8 Å². The number of likely N-dealkylation sites (tertiary alicyclic amines) is 3. The Morgan fingerprint density at radius 3 is 2.44 bits per heavy atom. The molecule has 1 aromatic rings. The van der Waals surface area contributed by atoms with Crippen LogP contribution in [0.15, 0.2) is 42.5 Å². The summed E-state index contributed by atoms with van der Waals surface area (Å²) < 4.78 is 5.46. The average Bonchev–Trinajstić information content (AvgIpc) is 3.40. The average molecular weight is 592 g/mol. The number of rotatable bonds is 12. The van der Waals surface area contributed by atoms with Gasteiger partial charge in [-0.25, -0.2) is 4.79 Å². The number of benzene rings is 1. The standard InChI is InChI=1S/C34H49N5O4/c1-25(2)23-29(32(40)37-21-15-26(16-22-37)14-20-36-18-9-4-10-19-36)38-28(13-7-8-17-35)31(33(38)41)39-30(24-43-34(39)42)27-11-5-3-6-12-27/h3,5-7,11-13,17,25-26,28-31,35H,4,8-10,14-16,18-24H2,1-2H3/b13-7+,35-17?/t28-,29+,30-,31+/m1/s1. The molecule has 9 nitrogen and oxygen atoms in total. The zero-order valence-corrected chi connectivity index (χ0v) is 25.9. The van der Waals surface area contributed by atoms with E-state index in [0.717, 1.165) is 38.0 Å². The maximum absolute atomic E-state index is 14.1. The fourth-order valence-corrected chi connectivity index (χ4v) is 7.30. The third kappa shape index (κ3) is 7.14. The molecule has 4 heterocycles. The topological polar surface area (TPSA) is 97.3 Å². The SMILES string of the molecule is CC(C)C[C@@H](C(=O)N1CCC(CCN2CCCCC2)CC1)N1C(=O)[C@@H](N2C(=O)OC[C@@H]2c2ccccc2)[C@H]1/C=C/CC=N. The molecule has 4 saturated heterocycles. The van der Waals surface area contributed by atoms with Crippen molar-refractivity contribution in [2.24, 2.45) is 11.8 Å². The Hall–Kier alpha value is -3.20. The second-order valence-electron chi connectivity index (χ2n) is 13.1. The Morgan fingerprint density at radius 2 is 1.77 bits per heavy atom. The predicted octanol–water partition coefficient (Wildman–Crippen LogP) is 4.88. The van der Waals surface area contributed by atoms with E-state index in [4.69, 9.17) is 10.1 Å². The van der Waals surface area contributed by atoms with Crippen molar-refractivity contribution in [1.29, 1.82) is 5.41 Å². The summed E-state index contributed by atoms with van der Waals surface area (Å²) in [6.45, 7) is 9.40. The highest BCUT2D eigenvalue weighted by atomic mass is 16.6. The number of hydrogen-bond donors (Lipinski definition) is 1. The number of β-lactam (4-membered cyclic amide) rings is 1. The molecule has 3 amide bonds. The van der Waals surface area contributed by atoms with Crippen LogP contribution in [0.5, 0.6) is 0 Å². The molecule has 0 aromatic heterocycles. The van der Waals surface area contributed by atoms with Gasteiger partial charge in [0.15, 0.2) is 0 Å². The third-order valence-electron chi connectivity index (χ3n) is 9.68. The number of carbonyl (C=O) groups is 3. The lowest BCUT2D eigenvalue weighted by Crippen LogP contribution is -2.74. The van der Waals surface area contributed by atoms with E-state index in [1.165, 1.54) is 45.0 Å². The second kappa shape index (κ2) is 14.5. The number of ether oxygens (including phenoxy) is 1. The number of cyclic esters (lactones) is 1. The van der Waals surface area contributed by atoms with Crippen LogP contribution in [0.2, 0.25) is 0 Å². The molecule has 9 heteroatoms. The van der Waals surface area contributed by atoms with Crippen LogP contribution in [-0.2, 0) is 14.3 Å². The Morgan fingerprint density at radius 1 is 1.05 bits per heavy atom. The molecule has 0 aliphatic carbocycles. The smallest absolute Gasteiger partial charge is 0.411 e. The minimum Gasteiger partial charge on any atom is -0.447 e. The molecule has 0 saturated carbocycles. The van der Waals surface area contributed by atoms with Crippen LogP contribution in [0.1, 0.15) is 76.8 Å². The molecule has 5 rings (SSSR count). The van der Waals surface area contributed by atoms with E-state index >= 15 is 0 Å². The van der Waals surface area contributed by atoms with Gasteiger partial charge in [0.05, 0.1) is 12.1 Å². The third-order valence-corrected chi connectivity index (χ3v) is 9.68. The molecule has 1 N–H and O–H groups in total. The van der Waals surface area contributed by atoms with Crippen LogP contribution in [0.3, 0.4) is 0 Å². The van der Waals surface area contributed by atoms with Crippen LogP contribution in [0.25, 0.3) is 0 Å². The summed E-state index contributed by atoms with van der Waals surface area (Å²) in [5, 5.41) is 7.48. The van der Waals surface area contributed by atoms with Crippen LogP contribution in [0.4, 0.5) is 4.79 Å². The van der Waals surface area contributed by atoms with Gasteiger partial charge in [-0.3, -0.25) is 14.5 Å².